The molecule has 0 amide bonds. The summed E-state index contributed by atoms with van der Waals surface area (Å²) in [6.45, 7) is -0.619. The summed E-state index contributed by atoms with van der Waals surface area (Å²) >= 11 is -3.64. The van der Waals surface area contributed by atoms with Crippen LogP contribution in [0.25, 0.3) is 0 Å². The fourth-order valence-electron chi connectivity index (χ4n) is 0.570. The maximum Gasteiger partial charge on any atom is 0.427 e. The van der Waals surface area contributed by atoms with Crippen LogP contribution in [0.4, 0.5) is 26.3 Å². The Morgan fingerprint density at radius 1 is 1.12 bits per heavy atom. The topological polar surface area (TPSA) is 83.5 Å². The molecule has 0 saturated carbocycles. The van der Waals surface area contributed by atoms with Crippen LogP contribution in [0.15, 0.2) is 0 Å². The molecule has 0 spiro atoms. The lowest BCUT2D eigenvalue weighted by molar-refractivity contribution is -0.271. The van der Waals surface area contributed by atoms with Crippen molar-refractivity contribution in [3.63, 3.8) is 0 Å². The third kappa shape index (κ3) is 2.89. The first-order valence-electron chi connectivity index (χ1n) is 3.43. The Morgan fingerprint density at radius 2 is 1.47 bits per heavy atom. The van der Waals surface area contributed by atoms with Crippen molar-refractivity contribution in [1.29, 1.82) is 0 Å². The molecule has 0 saturated heterocycles. The highest BCUT2D eigenvalue weighted by molar-refractivity contribution is 8.00. The van der Waals surface area contributed by atoms with Gasteiger partial charge in [0.1, 0.15) is 0 Å². The zero-order chi connectivity index (χ0) is 14.3. The SMILES string of the molecule is CC(F)(F)C(F)(F)C(F)(F)S(=O)(=O)NS(=O)O. The van der Waals surface area contributed by atoms with Crippen LogP contribution in [0.3, 0.4) is 0 Å². The Morgan fingerprint density at radius 3 is 1.71 bits per heavy atom. The van der Waals surface area contributed by atoms with Crippen molar-refractivity contribution >= 4 is 21.3 Å². The van der Waals surface area contributed by atoms with Crippen LogP contribution < -0.4 is 4.13 Å². The van der Waals surface area contributed by atoms with Crippen LogP contribution in [0.2, 0.25) is 0 Å². The Kier molecular flexibility index (Phi) is 4.26. The Hall–Kier alpha value is -0.400. The minimum atomic E-state index is -6.46. The molecule has 0 rings (SSSR count). The van der Waals surface area contributed by atoms with Crippen LogP contribution in [-0.2, 0) is 21.3 Å². The van der Waals surface area contributed by atoms with Crippen LogP contribution in [0.5, 0.6) is 0 Å². The fourth-order valence-corrected chi connectivity index (χ4v) is 2.26. The predicted octanol–water partition coefficient (Wildman–Crippen LogP) is 0.926. The van der Waals surface area contributed by atoms with Crippen LogP contribution in [0.1, 0.15) is 6.92 Å². The second kappa shape index (κ2) is 4.37. The second-order valence-corrected chi connectivity index (χ2v) is 5.50. The van der Waals surface area contributed by atoms with E-state index >= 15 is 0 Å². The average molecular weight is 309 g/mol. The van der Waals surface area contributed by atoms with E-state index in [1.54, 1.807) is 0 Å². The summed E-state index contributed by atoms with van der Waals surface area (Å²) in [4.78, 5) is 0. The highest BCUT2D eigenvalue weighted by atomic mass is 32.3. The van der Waals surface area contributed by atoms with Gasteiger partial charge in [-0.25, -0.2) is 12.6 Å². The van der Waals surface area contributed by atoms with Crippen molar-refractivity contribution < 1.29 is 43.5 Å². The van der Waals surface area contributed by atoms with Gasteiger partial charge in [0, 0.05) is 6.92 Å². The summed E-state index contributed by atoms with van der Waals surface area (Å²) in [5.41, 5.74) is 0. The minimum Gasteiger partial charge on any atom is -0.293 e. The van der Waals surface area contributed by atoms with E-state index in [1.165, 1.54) is 0 Å². The zero-order valence-electron chi connectivity index (χ0n) is 7.76. The maximum atomic E-state index is 12.7. The third-order valence-corrected chi connectivity index (χ3v) is 3.81. The van der Waals surface area contributed by atoms with Crippen molar-refractivity contribution in [2.45, 2.75) is 24.0 Å². The van der Waals surface area contributed by atoms with Gasteiger partial charge in [-0.2, -0.15) is 26.3 Å². The summed E-state index contributed by atoms with van der Waals surface area (Å²) in [5, 5.41) is -6.27. The number of rotatable bonds is 5. The van der Waals surface area contributed by atoms with E-state index in [4.69, 9.17) is 4.55 Å². The Balaban J connectivity index is 5.65. The zero-order valence-corrected chi connectivity index (χ0v) is 9.39. The van der Waals surface area contributed by atoms with Gasteiger partial charge in [-0.3, -0.25) is 4.55 Å². The van der Waals surface area contributed by atoms with Gasteiger partial charge in [0.2, 0.25) is 11.3 Å². The molecule has 0 bridgehead atoms. The molecule has 0 aromatic rings. The van der Waals surface area contributed by atoms with Gasteiger partial charge in [-0.1, -0.05) is 0 Å². The van der Waals surface area contributed by atoms with Gasteiger partial charge >= 0.3 is 17.1 Å². The summed E-state index contributed by atoms with van der Waals surface area (Å²) in [6, 6.07) is 0. The van der Waals surface area contributed by atoms with Gasteiger partial charge in [0.15, 0.2) is 0 Å². The minimum absolute atomic E-state index is 0.174. The lowest BCUT2D eigenvalue weighted by atomic mass is 10.2. The summed E-state index contributed by atoms with van der Waals surface area (Å²) in [7, 11) is -6.46. The van der Waals surface area contributed by atoms with Gasteiger partial charge in [0.05, 0.1) is 0 Å². The van der Waals surface area contributed by atoms with Crippen molar-refractivity contribution in [2.24, 2.45) is 0 Å². The molecule has 2 N–H and O–H groups in total. The molecule has 1 atom stereocenters. The summed E-state index contributed by atoms with van der Waals surface area (Å²) in [5.74, 6) is -11.6. The molecule has 17 heavy (non-hydrogen) atoms. The first-order valence-corrected chi connectivity index (χ1v) is 6.02. The molecule has 5 nitrogen and oxygen atoms in total. The van der Waals surface area contributed by atoms with E-state index in [0.717, 1.165) is 0 Å². The molecule has 0 aromatic heterocycles. The molecule has 0 aromatic carbocycles. The Bertz CT molecular complexity index is 414. The lowest BCUT2D eigenvalue weighted by Crippen LogP contribution is -2.59. The van der Waals surface area contributed by atoms with Crippen LogP contribution in [-0.4, -0.2) is 34.3 Å². The number of halogens is 6. The van der Waals surface area contributed by atoms with Crippen molar-refractivity contribution in [1.82, 2.24) is 4.13 Å². The third-order valence-electron chi connectivity index (χ3n) is 1.44. The molecule has 0 aliphatic heterocycles. The standard InChI is InChI=1S/C4H5F6NO4S2/c1-2(5,6)3(7,8)4(9,10)17(14,15)11-16(12)13/h11H,1H3,(H,12,13). The van der Waals surface area contributed by atoms with E-state index in [-0.39, 0.29) is 4.13 Å². The first kappa shape index (κ1) is 16.6. The molecule has 0 aliphatic rings. The van der Waals surface area contributed by atoms with E-state index in [1.807, 2.05) is 0 Å². The van der Waals surface area contributed by atoms with Crippen LogP contribution in [0, 0.1) is 0 Å². The predicted molar refractivity (Wildman–Crippen MR) is 43.3 cm³/mol. The molecule has 0 heterocycles. The average Bonchev–Trinajstić information content (AvgIpc) is 1.98. The van der Waals surface area contributed by atoms with Gasteiger partial charge in [-0.05, 0) is 0 Å². The molecule has 104 valence electrons. The number of sulfonamides is 1. The number of hydrogen-bond acceptors (Lipinski definition) is 3. The maximum absolute atomic E-state index is 12.7. The molecular weight excluding hydrogens is 304 g/mol. The molecular formula is C4H5F6NO4S2. The quantitative estimate of drug-likeness (QED) is 0.584. The Labute approximate surface area is 93.7 Å². The molecule has 0 radical (unpaired) electrons. The van der Waals surface area contributed by atoms with E-state index < -0.39 is 45.3 Å². The highest BCUT2D eigenvalue weighted by Gasteiger charge is 2.75. The largest absolute Gasteiger partial charge is 0.427 e. The van der Waals surface area contributed by atoms with Crippen molar-refractivity contribution in [3.8, 4) is 0 Å². The van der Waals surface area contributed by atoms with E-state index in [2.05, 4.69) is 0 Å². The summed E-state index contributed by atoms with van der Waals surface area (Å²) < 4.78 is 114. The van der Waals surface area contributed by atoms with E-state index in [9.17, 15) is 39.0 Å². The first-order chi connectivity index (χ1) is 7.17. The van der Waals surface area contributed by atoms with Crippen molar-refractivity contribution in [3.05, 3.63) is 0 Å². The van der Waals surface area contributed by atoms with Crippen LogP contribution >= 0.6 is 0 Å². The lowest BCUT2D eigenvalue weighted by Gasteiger charge is -2.29. The normalized spacial score (nSPS) is 16.9. The smallest absolute Gasteiger partial charge is 0.293 e. The number of hydrogen-bond donors (Lipinski definition) is 2. The van der Waals surface area contributed by atoms with Gasteiger partial charge < -0.3 is 0 Å². The molecule has 0 aliphatic carbocycles. The number of nitrogens with one attached hydrogen (secondary N) is 1. The van der Waals surface area contributed by atoms with Gasteiger partial charge in [0.25, 0.3) is 10.0 Å². The monoisotopic (exact) mass is 309 g/mol. The second-order valence-electron chi connectivity index (χ2n) is 2.82. The fraction of sp³-hybridized carbons (Fsp3) is 1.00. The molecule has 13 heteroatoms. The molecule has 1 unspecified atom stereocenters. The van der Waals surface area contributed by atoms with Gasteiger partial charge in [-0.15, -0.1) is 4.13 Å². The molecule has 0 fully saturated rings. The number of alkyl halides is 6. The summed E-state index contributed by atoms with van der Waals surface area (Å²) in [6.07, 6.45) is 0. The van der Waals surface area contributed by atoms with Crippen molar-refractivity contribution in [2.75, 3.05) is 0 Å². The highest BCUT2D eigenvalue weighted by Crippen LogP contribution is 2.47. The van der Waals surface area contributed by atoms with E-state index in [0.29, 0.717) is 0 Å².